The van der Waals surface area contributed by atoms with Gasteiger partial charge in [0.05, 0.1) is 18.2 Å². The van der Waals surface area contributed by atoms with E-state index in [0.717, 1.165) is 12.0 Å². The highest BCUT2D eigenvalue weighted by atomic mass is 16.5. The number of rotatable bonds is 7. The van der Waals surface area contributed by atoms with Crippen LogP contribution in [0, 0.1) is 6.92 Å². The molecule has 0 unspecified atom stereocenters. The van der Waals surface area contributed by atoms with Crippen molar-refractivity contribution in [3.63, 3.8) is 0 Å². The maximum atomic E-state index is 13.2. The number of Topliss-reactive ketones (excluding diaryl/α,β-unsaturated/α-hetero) is 1. The van der Waals surface area contributed by atoms with Gasteiger partial charge in [-0.1, -0.05) is 50.2 Å². The number of anilines is 1. The van der Waals surface area contributed by atoms with Crippen LogP contribution in [0.4, 0.5) is 5.82 Å². The van der Waals surface area contributed by atoms with Gasteiger partial charge in [-0.15, -0.1) is 0 Å². The lowest BCUT2D eigenvalue weighted by molar-refractivity contribution is -0.132. The standard InChI is InChI=1S/C27H28N2O5/c1-5-14-33-21-12-10-20(11-13-21)25(30)23-24(19-8-6-18(7-9-19)16(2)3)29(27(32)26(23)31)22-15-17(4)34-28-22/h6-13,15-16,24,30H,5,14H2,1-4H3/t24-/m0/s1. The molecular weight excluding hydrogens is 432 g/mol. The zero-order chi connectivity index (χ0) is 24.4. The minimum Gasteiger partial charge on any atom is -0.507 e. The number of ketones is 1. The molecule has 1 aromatic heterocycles. The average molecular weight is 461 g/mol. The van der Waals surface area contributed by atoms with Crippen molar-refractivity contribution in [3.8, 4) is 5.75 Å². The van der Waals surface area contributed by atoms with E-state index in [-0.39, 0.29) is 17.2 Å². The van der Waals surface area contributed by atoms with E-state index >= 15 is 0 Å². The van der Waals surface area contributed by atoms with Crippen LogP contribution in [-0.2, 0) is 9.59 Å². The summed E-state index contributed by atoms with van der Waals surface area (Å²) in [6, 6.07) is 15.2. The quantitative estimate of drug-likeness (QED) is 0.283. The van der Waals surface area contributed by atoms with Crippen LogP contribution in [0.3, 0.4) is 0 Å². The number of aliphatic hydroxyl groups is 1. The number of aromatic nitrogens is 1. The van der Waals surface area contributed by atoms with Gasteiger partial charge in [0.15, 0.2) is 5.82 Å². The molecule has 3 aromatic rings. The molecule has 2 heterocycles. The van der Waals surface area contributed by atoms with E-state index in [4.69, 9.17) is 9.26 Å². The Morgan fingerprint density at radius 2 is 1.79 bits per heavy atom. The van der Waals surface area contributed by atoms with Gasteiger partial charge in [0, 0.05) is 11.6 Å². The van der Waals surface area contributed by atoms with Crippen LogP contribution in [-0.4, -0.2) is 28.6 Å². The first-order chi connectivity index (χ1) is 16.3. The van der Waals surface area contributed by atoms with E-state index in [1.807, 2.05) is 31.2 Å². The first-order valence-electron chi connectivity index (χ1n) is 11.4. The van der Waals surface area contributed by atoms with Crippen LogP contribution in [0.15, 0.2) is 64.7 Å². The van der Waals surface area contributed by atoms with E-state index in [1.54, 1.807) is 37.3 Å². The zero-order valence-electron chi connectivity index (χ0n) is 19.7. The number of aliphatic hydroxyl groups excluding tert-OH is 1. The van der Waals surface area contributed by atoms with Crippen molar-refractivity contribution in [1.82, 2.24) is 5.16 Å². The fraction of sp³-hybridized carbons (Fsp3) is 0.296. The molecule has 7 heteroatoms. The highest BCUT2D eigenvalue weighted by Gasteiger charge is 2.48. The van der Waals surface area contributed by atoms with Crippen molar-refractivity contribution in [1.29, 1.82) is 0 Å². The van der Waals surface area contributed by atoms with Crippen LogP contribution < -0.4 is 9.64 Å². The van der Waals surface area contributed by atoms with Crippen molar-refractivity contribution in [2.75, 3.05) is 11.5 Å². The van der Waals surface area contributed by atoms with Gasteiger partial charge >= 0.3 is 5.91 Å². The second-order valence-corrected chi connectivity index (χ2v) is 8.66. The SMILES string of the molecule is CCCOc1ccc(C(O)=C2C(=O)C(=O)N(c3cc(C)on3)[C@H]2c2ccc(C(C)C)cc2)cc1. The Kier molecular flexibility index (Phi) is 6.54. The molecule has 0 radical (unpaired) electrons. The Bertz CT molecular complexity index is 1220. The second-order valence-electron chi connectivity index (χ2n) is 8.66. The van der Waals surface area contributed by atoms with E-state index in [9.17, 15) is 14.7 Å². The molecule has 4 rings (SSSR count). The number of hydrogen-bond acceptors (Lipinski definition) is 6. The molecule has 1 aliphatic rings. The van der Waals surface area contributed by atoms with Crippen molar-refractivity contribution in [2.24, 2.45) is 0 Å². The third-order valence-corrected chi connectivity index (χ3v) is 5.83. The van der Waals surface area contributed by atoms with E-state index in [1.165, 1.54) is 4.90 Å². The van der Waals surface area contributed by atoms with Crippen molar-refractivity contribution >= 4 is 23.3 Å². The molecule has 0 saturated carbocycles. The summed E-state index contributed by atoms with van der Waals surface area (Å²) in [5.41, 5.74) is 2.24. The fourth-order valence-electron chi connectivity index (χ4n) is 4.00. The van der Waals surface area contributed by atoms with Crippen molar-refractivity contribution < 1.29 is 24.0 Å². The van der Waals surface area contributed by atoms with Gasteiger partial charge in [-0.25, -0.2) is 0 Å². The van der Waals surface area contributed by atoms with Crippen molar-refractivity contribution in [3.05, 3.63) is 82.6 Å². The predicted octanol–water partition coefficient (Wildman–Crippen LogP) is 5.52. The highest BCUT2D eigenvalue weighted by Crippen LogP contribution is 2.42. The van der Waals surface area contributed by atoms with Crippen LogP contribution in [0.1, 0.15) is 61.6 Å². The fourth-order valence-corrected chi connectivity index (χ4v) is 4.00. The predicted molar refractivity (Wildman–Crippen MR) is 129 cm³/mol. The normalized spacial score (nSPS) is 17.6. The van der Waals surface area contributed by atoms with E-state index in [0.29, 0.717) is 35.2 Å². The molecule has 7 nitrogen and oxygen atoms in total. The molecule has 1 amide bonds. The summed E-state index contributed by atoms with van der Waals surface area (Å²) in [6.45, 7) is 8.49. The Labute approximate surface area is 198 Å². The third kappa shape index (κ3) is 4.33. The highest BCUT2D eigenvalue weighted by molar-refractivity contribution is 6.51. The Morgan fingerprint density at radius 1 is 1.12 bits per heavy atom. The largest absolute Gasteiger partial charge is 0.507 e. The number of aryl methyl sites for hydroxylation is 1. The number of nitrogens with zero attached hydrogens (tertiary/aromatic N) is 2. The first-order valence-corrected chi connectivity index (χ1v) is 11.4. The molecule has 1 N–H and O–H groups in total. The molecule has 0 aliphatic carbocycles. The number of amides is 1. The lowest BCUT2D eigenvalue weighted by Crippen LogP contribution is -2.29. The van der Waals surface area contributed by atoms with Gasteiger partial charge in [0.25, 0.3) is 5.78 Å². The van der Waals surface area contributed by atoms with Gasteiger partial charge in [-0.3, -0.25) is 14.5 Å². The summed E-state index contributed by atoms with van der Waals surface area (Å²) in [7, 11) is 0. The summed E-state index contributed by atoms with van der Waals surface area (Å²) in [5, 5.41) is 15.2. The molecule has 1 atom stereocenters. The number of benzene rings is 2. The molecule has 34 heavy (non-hydrogen) atoms. The monoisotopic (exact) mass is 460 g/mol. The molecule has 176 valence electrons. The lowest BCUT2D eigenvalue weighted by Gasteiger charge is -2.23. The molecule has 0 bridgehead atoms. The number of carbonyl (C=O) groups excluding carboxylic acids is 2. The number of hydrogen-bond donors (Lipinski definition) is 1. The smallest absolute Gasteiger partial charge is 0.301 e. The molecular formula is C27H28N2O5. The Morgan fingerprint density at radius 3 is 2.35 bits per heavy atom. The summed E-state index contributed by atoms with van der Waals surface area (Å²) in [6.07, 6.45) is 0.877. The number of ether oxygens (including phenoxy) is 1. The van der Waals surface area contributed by atoms with Gasteiger partial charge in [0.1, 0.15) is 17.3 Å². The summed E-state index contributed by atoms with van der Waals surface area (Å²) < 4.78 is 10.8. The van der Waals surface area contributed by atoms with Crippen LogP contribution >= 0.6 is 0 Å². The lowest BCUT2D eigenvalue weighted by atomic mass is 9.93. The van der Waals surface area contributed by atoms with Crippen LogP contribution in [0.2, 0.25) is 0 Å². The van der Waals surface area contributed by atoms with Crippen LogP contribution in [0.5, 0.6) is 5.75 Å². The van der Waals surface area contributed by atoms with Gasteiger partial charge in [0.2, 0.25) is 0 Å². The molecule has 1 aliphatic heterocycles. The Hall–Kier alpha value is -3.87. The van der Waals surface area contributed by atoms with Crippen molar-refractivity contribution in [2.45, 2.75) is 46.1 Å². The zero-order valence-corrected chi connectivity index (χ0v) is 19.7. The summed E-state index contributed by atoms with van der Waals surface area (Å²) in [4.78, 5) is 27.6. The first kappa shape index (κ1) is 23.3. The Balaban J connectivity index is 1.83. The number of carbonyl (C=O) groups is 2. The average Bonchev–Trinajstić information content (AvgIpc) is 3.38. The van der Waals surface area contributed by atoms with E-state index < -0.39 is 17.7 Å². The van der Waals surface area contributed by atoms with Gasteiger partial charge < -0.3 is 14.4 Å². The summed E-state index contributed by atoms with van der Waals surface area (Å²) in [5.74, 6) is -0.0720. The molecule has 1 fully saturated rings. The second kappa shape index (κ2) is 9.55. The maximum Gasteiger partial charge on any atom is 0.301 e. The van der Waals surface area contributed by atoms with Gasteiger partial charge in [-0.05, 0) is 54.7 Å². The summed E-state index contributed by atoms with van der Waals surface area (Å²) >= 11 is 0. The van der Waals surface area contributed by atoms with E-state index in [2.05, 4.69) is 19.0 Å². The van der Waals surface area contributed by atoms with Gasteiger partial charge in [-0.2, -0.15) is 0 Å². The maximum absolute atomic E-state index is 13.2. The van der Waals surface area contributed by atoms with Crippen LogP contribution in [0.25, 0.3) is 5.76 Å². The molecule has 0 spiro atoms. The molecule has 1 saturated heterocycles. The topological polar surface area (TPSA) is 92.9 Å². The minimum atomic E-state index is -0.846. The minimum absolute atomic E-state index is 0.00479. The third-order valence-electron chi connectivity index (χ3n) is 5.83. The molecule has 2 aromatic carbocycles.